The number of hydrogen-bond donors (Lipinski definition) is 2. The van der Waals surface area contributed by atoms with Gasteiger partial charge in [0.2, 0.25) is 0 Å². The lowest BCUT2D eigenvalue weighted by atomic mass is 10.1. The fourth-order valence-corrected chi connectivity index (χ4v) is 3.02. The zero-order chi connectivity index (χ0) is 22.9. The van der Waals surface area contributed by atoms with Gasteiger partial charge in [-0.15, -0.1) is 0 Å². The van der Waals surface area contributed by atoms with Gasteiger partial charge in [-0.3, -0.25) is 9.59 Å². The fourth-order valence-electron chi connectivity index (χ4n) is 3.02. The van der Waals surface area contributed by atoms with Crippen LogP contribution in [0.5, 0.6) is 17.2 Å². The number of rotatable bonds is 9. The zero-order valence-electron chi connectivity index (χ0n) is 18.3. The van der Waals surface area contributed by atoms with Gasteiger partial charge in [-0.05, 0) is 66.6 Å². The Balaban J connectivity index is 1.61. The number of ether oxygens (including phenoxy) is 3. The summed E-state index contributed by atoms with van der Waals surface area (Å²) in [7, 11) is 3.06. The minimum Gasteiger partial charge on any atom is -0.497 e. The van der Waals surface area contributed by atoms with Crippen LogP contribution in [0.4, 0.5) is 11.4 Å². The van der Waals surface area contributed by atoms with E-state index in [1.807, 2.05) is 24.3 Å². The van der Waals surface area contributed by atoms with Crippen LogP contribution in [0.1, 0.15) is 22.8 Å². The summed E-state index contributed by atoms with van der Waals surface area (Å²) in [6.45, 7) is 1.85. The maximum Gasteiger partial charge on any atom is 0.262 e. The van der Waals surface area contributed by atoms with Crippen molar-refractivity contribution >= 4 is 23.2 Å². The second kappa shape index (κ2) is 10.9. The first-order valence-corrected chi connectivity index (χ1v) is 10.2. The molecule has 32 heavy (non-hydrogen) atoms. The molecule has 0 unspecified atom stereocenters. The van der Waals surface area contributed by atoms with E-state index in [2.05, 4.69) is 17.6 Å². The number of amides is 2. The smallest absolute Gasteiger partial charge is 0.262 e. The molecular weight excluding hydrogens is 408 g/mol. The molecule has 0 saturated heterocycles. The summed E-state index contributed by atoms with van der Waals surface area (Å²) >= 11 is 0. The second-order valence-electron chi connectivity index (χ2n) is 6.94. The molecule has 3 aromatic carbocycles. The van der Waals surface area contributed by atoms with Crippen LogP contribution < -0.4 is 24.8 Å². The SMILES string of the molecule is CCc1cccc(NC(=O)c2ccc(OCC(=O)Nc3ccc(OC)cc3)c(OC)c2)c1. The van der Waals surface area contributed by atoms with E-state index in [-0.39, 0.29) is 18.4 Å². The minimum atomic E-state index is -0.324. The minimum absolute atomic E-state index is 0.211. The number of nitrogens with one attached hydrogen (secondary N) is 2. The Morgan fingerprint density at radius 1 is 0.812 bits per heavy atom. The Hall–Kier alpha value is -4.00. The molecule has 0 aliphatic heterocycles. The number of aryl methyl sites for hydroxylation is 1. The number of hydrogen-bond acceptors (Lipinski definition) is 5. The first-order chi connectivity index (χ1) is 15.5. The van der Waals surface area contributed by atoms with E-state index in [0.29, 0.717) is 28.5 Å². The summed E-state index contributed by atoms with van der Waals surface area (Å²) in [5, 5.41) is 5.62. The molecule has 7 nitrogen and oxygen atoms in total. The third-order valence-corrected chi connectivity index (χ3v) is 4.75. The Kier molecular flexibility index (Phi) is 7.70. The summed E-state index contributed by atoms with van der Waals surface area (Å²) in [6.07, 6.45) is 0.885. The van der Waals surface area contributed by atoms with Crippen LogP contribution in [-0.4, -0.2) is 32.6 Å². The lowest BCUT2D eigenvalue weighted by Crippen LogP contribution is -2.20. The molecule has 0 heterocycles. The highest BCUT2D eigenvalue weighted by Gasteiger charge is 2.13. The summed E-state index contributed by atoms with van der Waals surface area (Å²) in [6, 6.07) is 19.5. The summed E-state index contributed by atoms with van der Waals surface area (Å²) < 4.78 is 16.0. The van der Waals surface area contributed by atoms with Crippen molar-refractivity contribution in [3.8, 4) is 17.2 Å². The zero-order valence-corrected chi connectivity index (χ0v) is 18.3. The van der Waals surface area contributed by atoms with Crippen LogP contribution in [0, 0.1) is 0 Å². The van der Waals surface area contributed by atoms with Crippen LogP contribution in [0.25, 0.3) is 0 Å². The first kappa shape index (κ1) is 22.7. The van der Waals surface area contributed by atoms with Crippen molar-refractivity contribution in [1.29, 1.82) is 0 Å². The first-order valence-electron chi connectivity index (χ1n) is 10.2. The monoisotopic (exact) mass is 434 g/mol. The van der Waals surface area contributed by atoms with Crippen LogP contribution in [-0.2, 0) is 11.2 Å². The summed E-state index contributed by atoms with van der Waals surface area (Å²) in [4.78, 5) is 24.8. The molecule has 3 rings (SSSR count). The van der Waals surface area contributed by atoms with Crippen molar-refractivity contribution < 1.29 is 23.8 Å². The van der Waals surface area contributed by atoms with E-state index in [1.54, 1.807) is 49.6 Å². The van der Waals surface area contributed by atoms with Crippen molar-refractivity contribution in [3.05, 3.63) is 77.9 Å². The van der Waals surface area contributed by atoms with Gasteiger partial charge >= 0.3 is 0 Å². The van der Waals surface area contributed by atoms with Gasteiger partial charge in [0.25, 0.3) is 11.8 Å². The van der Waals surface area contributed by atoms with Crippen molar-refractivity contribution in [2.45, 2.75) is 13.3 Å². The molecule has 0 saturated carbocycles. The maximum atomic E-state index is 12.6. The predicted molar refractivity (Wildman–Crippen MR) is 124 cm³/mol. The quantitative estimate of drug-likeness (QED) is 0.517. The Morgan fingerprint density at radius 3 is 2.28 bits per heavy atom. The molecule has 0 aliphatic carbocycles. The third-order valence-electron chi connectivity index (χ3n) is 4.75. The molecule has 2 N–H and O–H groups in total. The number of benzene rings is 3. The largest absolute Gasteiger partial charge is 0.497 e. The molecule has 7 heteroatoms. The van der Waals surface area contributed by atoms with Gasteiger partial charge in [-0.1, -0.05) is 19.1 Å². The van der Waals surface area contributed by atoms with Crippen molar-refractivity contribution in [1.82, 2.24) is 0 Å². The van der Waals surface area contributed by atoms with E-state index < -0.39 is 0 Å². The normalized spacial score (nSPS) is 10.2. The van der Waals surface area contributed by atoms with Crippen molar-refractivity contribution in [2.75, 3.05) is 31.5 Å². The van der Waals surface area contributed by atoms with E-state index in [4.69, 9.17) is 14.2 Å². The molecular formula is C25H26N2O5. The lowest BCUT2D eigenvalue weighted by Gasteiger charge is -2.13. The van der Waals surface area contributed by atoms with Gasteiger partial charge in [-0.2, -0.15) is 0 Å². The molecule has 3 aromatic rings. The second-order valence-corrected chi connectivity index (χ2v) is 6.94. The van der Waals surface area contributed by atoms with Crippen molar-refractivity contribution in [2.24, 2.45) is 0 Å². The fraction of sp³-hybridized carbons (Fsp3) is 0.200. The summed E-state index contributed by atoms with van der Waals surface area (Å²) in [5.41, 5.74) is 2.91. The average Bonchev–Trinajstić information content (AvgIpc) is 2.83. The highest BCUT2D eigenvalue weighted by atomic mass is 16.5. The van der Waals surface area contributed by atoms with Crippen LogP contribution >= 0.6 is 0 Å². The molecule has 0 spiro atoms. The molecule has 0 fully saturated rings. The molecule has 0 aromatic heterocycles. The maximum absolute atomic E-state index is 12.6. The summed E-state index contributed by atoms with van der Waals surface area (Å²) in [5.74, 6) is 0.834. The van der Waals surface area contributed by atoms with E-state index in [1.165, 1.54) is 7.11 Å². The number of anilines is 2. The topological polar surface area (TPSA) is 85.9 Å². The highest BCUT2D eigenvalue weighted by molar-refractivity contribution is 6.04. The molecule has 0 bridgehead atoms. The molecule has 0 aliphatic rings. The molecule has 0 atom stereocenters. The number of carbonyl (C=O) groups is 2. The Morgan fingerprint density at radius 2 is 1.59 bits per heavy atom. The lowest BCUT2D eigenvalue weighted by molar-refractivity contribution is -0.118. The molecule has 0 radical (unpaired) electrons. The van der Waals surface area contributed by atoms with E-state index >= 15 is 0 Å². The Labute approximate surface area is 187 Å². The van der Waals surface area contributed by atoms with Crippen LogP contribution in [0.3, 0.4) is 0 Å². The van der Waals surface area contributed by atoms with E-state index in [9.17, 15) is 9.59 Å². The van der Waals surface area contributed by atoms with Gasteiger partial charge < -0.3 is 24.8 Å². The third kappa shape index (κ3) is 6.01. The predicted octanol–water partition coefficient (Wildman–Crippen LogP) is 4.54. The number of carbonyl (C=O) groups excluding carboxylic acids is 2. The van der Waals surface area contributed by atoms with Crippen LogP contribution in [0.15, 0.2) is 66.7 Å². The highest BCUT2D eigenvalue weighted by Crippen LogP contribution is 2.28. The van der Waals surface area contributed by atoms with Gasteiger partial charge in [0.1, 0.15) is 5.75 Å². The van der Waals surface area contributed by atoms with Crippen molar-refractivity contribution in [3.63, 3.8) is 0 Å². The number of methoxy groups -OCH3 is 2. The Bertz CT molecular complexity index is 1080. The average molecular weight is 434 g/mol. The van der Waals surface area contributed by atoms with Gasteiger partial charge in [-0.25, -0.2) is 0 Å². The van der Waals surface area contributed by atoms with Gasteiger partial charge in [0.05, 0.1) is 14.2 Å². The molecule has 166 valence electrons. The van der Waals surface area contributed by atoms with Gasteiger partial charge in [0.15, 0.2) is 18.1 Å². The standard InChI is InChI=1S/C25H26N2O5/c1-4-17-6-5-7-20(14-17)27-25(29)18-8-13-22(23(15-18)31-3)32-16-24(28)26-19-9-11-21(30-2)12-10-19/h5-15H,4,16H2,1-3H3,(H,26,28)(H,27,29). The van der Waals surface area contributed by atoms with E-state index in [0.717, 1.165) is 17.7 Å². The molecule has 2 amide bonds. The van der Waals surface area contributed by atoms with Crippen LogP contribution in [0.2, 0.25) is 0 Å². The van der Waals surface area contributed by atoms with Gasteiger partial charge in [0, 0.05) is 16.9 Å².